The highest BCUT2D eigenvalue weighted by atomic mass is 19.2. The number of anilines is 1. The topological polar surface area (TPSA) is 84.9 Å². The summed E-state index contributed by atoms with van der Waals surface area (Å²) in [7, 11) is 0. The van der Waals surface area contributed by atoms with Crippen molar-refractivity contribution in [3.63, 3.8) is 0 Å². The third-order valence-electron chi connectivity index (χ3n) is 5.50. The fourth-order valence-electron chi connectivity index (χ4n) is 3.62. The molecule has 0 bridgehead atoms. The molecule has 0 aliphatic carbocycles. The molecule has 0 saturated heterocycles. The molecule has 3 aromatic rings. The maximum absolute atomic E-state index is 13.4. The fraction of sp³-hybridized carbons (Fsp3) is 0.192. The molecule has 180 valence electrons. The summed E-state index contributed by atoms with van der Waals surface area (Å²) in [6, 6.07) is 15.9. The maximum atomic E-state index is 13.4. The normalized spacial score (nSPS) is 13.5. The van der Waals surface area contributed by atoms with Gasteiger partial charge < -0.3 is 14.8 Å². The van der Waals surface area contributed by atoms with Gasteiger partial charge in [0.2, 0.25) is 5.91 Å². The number of hydrogen-bond donors (Lipinski definition) is 1. The van der Waals surface area contributed by atoms with E-state index in [9.17, 15) is 23.2 Å². The van der Waals surface area contributed by atoms with Crippen molar-refractivity contribution in [3.05, 3.63) is 89.5 Å². The van der Waals surface area contributed by atoms with Crippen molar-refractivity contribution in [2.24, 2.45) is 0 Å². The summed E-state index contributed by atoms with van der Waals surface area (Å²) in [6.45, 7) is 1.21. The van der Waals surface area contributed by atoms with Crippen LogP contribution in [0.5, 0.6) is 11.5 Å². The van der Waals surface area contributed by atoms with Crippen LogP contribution in [-0.4, -0.2) is 36.9 Å². The van der Waals surface area contributed by atoms with Gasteiger partial charge in [-0.1, -0.05) is 30.3 Å². The van der Waals surface area contributed by atoms with E-state index in [1.807, 2.05) is 30.3 Å². The van der Waals surface area contributed by atoms with E-state index in [1.54, 1.807) is 6.92 Å². The first-order valence-corrected chi connectivity index (χ1v) is 10.8. The second kappa shape index (κ2) is 10.3. The highest BCUT2D eigenvalue weighted by Crippen LogP contribution is 2.34. The van der Waals surface area contributed by atoms with Gasteiger partial charge in [0.15, 0.2) is 30.6 Å². The van der Waals surface area contributed by atoms with E-state index in [-0.39, 0.29) is 29.5 Å². The summed E-state index contributed by atoms with van der Waals surface area (Å²) in [5, 5.41) is 2.81. The molecule has 1 N–H and O–H groups in total. The summed E-state index contributed by atoms with van der Waals surface area (Å²) in [5.74, 6) is -3.02. The average molecular weight is 480 g/mol. The van der Waals surface area contributed by atoms with Crippen molar-refractivity contribution in [2.75, 3.05) is 18.1 Å². The number of ketones is 1. The predicted molar refractivity (Wildman–Crippen MR) is 123 cm³/mol. The van der Waals surface area contributed by atoms with Gasteiger partial charge in [-0.15, -0.1) is 0 Å². The summed E-state index contributed by atoms with van der Waals surface area (Å²) in [4.78, 5) is 39.5. The zero-order valence-corrected chi connectivity index (χ0v) is 18.8. The zero-order valence-electron chi connectivity index (χ0n) is 18.8. The van der Waals surface area contributed by atoms with E-state index in [4.69, 9.17) is 9.47 Å². The minimum atomic E-state index is -1.09. The van der Waals surface area contributed by atoms with Gasteiger partial charge in [-0.3, -0.25) is 19.3 Å². The first-order valence-electron chi connectivity index (χ1n) is 10.8. The lowest BCUT2D eigenvalue weighted by Crippen LogP contribution is -2.51. The molecule has 0 aromatic heterocycles. The van der Waals surface area contributed by atoms with Gasteiger partial charge in [0.1, 0.15) is 17.5 Å². The Labute approximate surface area is 200 Å². The van der Waals surface area contributed by atoms with Crippen LogP contribution < -0.4 is 19.7 Å². The molecule has 0 unspecified atom stereocenters. The van der Waals surface area contributed by atoms with Gasteiger partial charge in [-0.25, -0.2) is 8.78 Å². The van der Waals surface area contributed by atoms with Gasteiger partial charge in [0, 0.05) is 18.2 Å². The van der Waals surface area contributed by atoms with Crippen LogP contribution in [0, 0.1) is 11.6 Å². The number of amides is 2. The highest BCUT2D eigenvalue weighted by molar-refractivity contribution is 6.05. The Hall–Kier alpha value is -4.27. The Morgan fingerprint density at radius 3 is 2.57 bits per heavy atom. The quantitative estimate of drug-likeness (QED) is 0.498. The molecule has 1 aliphatic heterocycles. The molecule has 2 amide bonds. The van der Waals surface area contributed by atoms with Gasteiger partial charge in [0.25, 0.3) is 5.91 Å². The fourth-order valence-corrected chi connectivity index (χ4v) is 3.62. The van der Waals surface area contributed by atoms with Crippen LogP contribution in [-0.2, 0) is 16.1 Å². The van der Waals surface area contributed by atoms with Crippen molar-refractivity contribution in [1.82, 2.24) is 5.32 Å². The van der Waals surface area contributed by atoms with E-state index in [0.717, 1.165) is 17.7 Å². The van der Waals surface area contributed by atoms with Crippen LogP contribution in [0.4, 0.5) is 14.5 Å². The van der Waals surface area contributed by atoms with Crippen LogP contribution in [0.15, 0.2) is 66.7 Å². The molecule has 0 saturated carbocycles. The third-order valence-corrected chi connectivity index (χ3v) is 5.50. The van der Waals surface area contributed by atoms with Gasteiger partial charge in [-0.2, -0.15) is 0 Å². The van der Waals surface area contributed by atoms with Crippen LogP contribution in [0.25, 0.3) is 0 Å². The molecular weight excluding hydrogens is 458 g/mol. The molecule has 0 spiro atoms. The van der Waals surface area contributed by atoms with Crippen LogP contribution in [0.3, 0.4) is 0 Å². The zero-order chi connectivity index (χ0) is 24.9. The molecule has 3 aromatic carbocycles. The number of hydrogen-bond acceptors (Lipinski definition) is 5. The molecule has 1 heterocycles. The number of carbonyl (C=O) groups excluding carboxylic acids is 3. The van der Waals surface area contributed by atoms with Crippen molar-refractivity contribution >= 4 is 23.3 Å². The molecule has 4 rings (SSSR count). The second-order valence-corrected chi connectivity index (χ2v) is 7.90. The number of carbonyl (C=O) groups is 3. The average Bonchev–Trinajstić information content (AvgIpc) is 2.87. The minimum Gasteiger partial charge on any atom is -0.485 e. The highest BCUT2D eigenvalue weighted by Gasteiger charge is 2.33. The van der Waals surface area contributed by atoms with E-state index < -0.39 is 36.0 Å². The summed E-state index contributed by atoms with van der Waals surface area (Å²) in [6.07, 6.45) is 0. The van der Waals surface area contributed by atoms with Crippen molar-refractivity contribution in [1.29, 1.82) is 0 Å². The predicted octanol–water partition coefficient (Wildman–Crippen LogP) is 3.66. The van der Waals surface area contributed by atoms with Crippen LogP contribution in [0.1, 0.15) is 22.8 Å². The summed E-state index contributed by atoms with van der Waals surface area (Å²) >= 11 is 0. The number of ether oxygens (including phenoxy) is 2. The SMILES string of the molecule is C[C@H](C(=O)NCc1ccccc1)N1C(=O)COc2ccc(C(=O)COc3ccc(F)c(F)c3)cc21. The lowest BCUT2D eigenvalue weighted by molar-refractivity contribution is -0.127. The molecule has 9 heteroatoms. The van der Waals surface area contributed by atoms with Crippen molar-refractivity contribution in [3.8, 4) is 11.5 Å². The summed E-state index contributed by atoms with van der Waals surface area (Å²) < 4.78 is 37.2. The number of rotatable bonds is 8. The first-order chi connectivity index (χ1) is 16.8. The monoisotopic (exact) mass is 480 g/mol. The molecular formula is C26H22F2N2O5. The van der Waals surface area contributed by atoms with Gasteiger partial charge in [-0.05, 0) is 42.8 Å². The molecule has 1 atom stereocenters. The van der Waals surface area contributed by atoms with E-state index in [1.165, 1.54) is 29.2 Å². The molecule has 1 aliphatic rings. The Bertz CT molecular complexity index is 1270. The standard InChI is InChI=1S/C26H22F2N2O5/c1-16(26(33)29-13-17-5-3-2-4-6-17)30-22-11-18(7-10-24(22)35-15-25(30)32)23(31)14-34-19-8-9-20(27)21(28)12-19/h2-12,16H,13-15H2,1H3,(H,29,33)/t16-/m1/s1. The number of nitrogens with one attached hydrogen (secondary N) is 1. The second-order valence-electron chi connectivity index (χ2n) is 7.90. The smallest absolute Gasteiger partial charge is 0.265 e. The minimum absolute atomic E-state index is 0.000873. The molecule has 7 nitrogen and oxygen atoms in total. The van der Waals surface area contributed by atoms with Crippen molar-refractivity contribution in [2.45, 2.75) is 19.5 Å². The number of halogens is 2. The van der Waals surface area contributed by atoms with E-state index >= 15 is 0 Å². The van der Waals surface area contributed by atoms with Crippen molar-refractivity contribution < 1.29 is 32.6 Å². The molecule has 0 radical (unpaired) electrons. The Morgan fingerprint density at radius 1 is 1.06 bits per heavy atom. The third kappa shape index (κ3) is 5.46. The van der Waals surface area contributed by atoms with E-state index in [2.05, 4.69) is 5.32 Å². The number of benzene rings is 3. The number of Topliss-reactive ketones (excluding diaryl/α,β-unsaturated/α-hetero) is 1. The number of fused-ring (bicyclic) bond motifs is 1. The molecule has 35 heavy (non-hydrogen) atoms. The Kier molecular flexibility index (Phi) is 7.05. The van der Waals surface area contributed by atoms with Crippen LogP contribution in [0.2, 0.25) is 0 Å². The number of nitrogens with zero attached hydrogens (tertiary/aromatic N) is 1. The van der Waals surface area contributed by atoms with Gasteiger partial charge in [0.05, 0.1) is 5.69 Å². The maximum Gasteiger partial charge on any atom is 0.265 e. The lowest BCUT2D eigenvalue weighted by Gasteiger charge is -2.33. The lowest BCUT2D eigenvalue weighted by atomic mass is 10.1. The Balaban J connectivity index is 1.48. The van der Waals surface area contributed by atoms with E-state index in [0.29, 0.717) is 12.3 Å². The molecule has 0 fully saturated rings. The van der Waals surface area contributed by atoms with Gasteiger partial charge >= 0.3 is 0 Å². The summed E-state index contributed by atoms with van der Waals surface area (Å²) in [5.41, 5.74) is 1.39. The van der Waals surface area contributed by atoms with Crippen LogP contribution >= 0.6 is 0 Å². The first kappa shape index (κ1) is 23.9. The largest absolute Gasteiger partial charge is 0.485 e. The Morgan fingerprint density at radius 2 is 1.83 bits per heavy atom.